The first-order valence-electron chi connectivity index (χ1n) is 12.6. The minimum absolute atomic E-state index is 0.679. The smallest absolute Gasteiger partial charge is 0.184 e. The summed E-state index contributed by atoms with van der Waals surface area (Å²) in [6.07, 6.45) is 0. The van der Waals surface area contributed by atoms with E-state index in [4.69, 9.17) is 5.21 Å². The van der Waals surface area contributed by atoms with Crippen LogP contribution in [0.3, 0.4) is 0 Å². The van der Waals surface area contributed by atoms with E-state index in [1.54, 1.807) is 0 Å². The molecule has 1 heterocycles. The third-order valence-electron chi connectivity index (χ3n) is 7.04. The van der Waals surface area contributed by atoms with Crippen molar-refractivity contribution >= 4 is 31.9 Å². The van der Waals surface area contributed by atoms with Crippen LogP contribution in [0.1, 0.15) is 22.3 Å². The Kier molecular flexibility index (Phi) is 7.22. The molecule has 0 aliphatic carbocycles. The van der Waals surface area contributed by atoms with Crippen molar-refractivity contribution in [2.75, 3.05) is 0 Å². The second kappa shape index (κ2) is 11.1. The molecule has 0 N–H and O–H groups in total. The Labute approximate surface area is 244 Å². The first-order valence-corrected chi connectivity index (χ1v) is 14.5. The molecule has 0 unspecified atom stereocenters. The molecule has 0 radical (unpaired) electrons. The lowest BCUT2D eigenvalue weighted by molar-refractivity contribution is 0.451. The summed E-state index contributed by atoms with van der Waals surface area (Å²) in [7, 11) is 0. The molecule has 6 heteroatoms. The zero-order valence-corrected chi connectivity index (χ0v) is 24.1. The highest BCUT2D eigenvalue weighted by Gasteiger charge is 2.42. The summed E-state index contributed by atoms with van der Waals surface area (Å²) < 4.78 is 3.03. The number of rotatable bonds is 7. The van der Waals surface area contributed by atoms with Crippen LogP contribution in [0.2, 0.25) is 0 Å². The molecule has 0 aliphatic rings. The molecule has 0 atom stereocenters. The van der Waals surface area contributed by atoms with E-state index in [1.807, 2.05) is 28.9 Å². The number of hydrogen-bond acceptors (Lipinski definition) is 3. The molecule has 0 bridgehead atoms. The van der Waals surface area contributed by atoms with Gasteiger partial charge in [0.2, 0.25) is 0 Å². The summed E-state index contributed by atoms with van der Waals surface area (Å²) in [5.74, 6) is 0.679. The zero-order valence-electron chi connectivity index (χ0n) is 21.0. The minimum Gasteiger partial charge on any atom is -0.205 e. The third kappa shape index (κ3) is 4.44. The normalized spacial score (nSPS) is 11.4. The molecule has 0 fully saturated rings. The number of aromatic nitrogens is 4. The van der Waals surface area contributed by atoms with E-state index < -0.39 is 5.54 Å². The van der Waals surface area contributed by atoms with Crippen LogP contribution in [0.4, 0.5) is 0 Å². The Morgan fingerprint density at radius 2 is 1.05 bits per heavy atom. The Morgan fingerprint density at radius 1 is 0.564 bits per heavy atom. The van der Waals surface area contributed by atoms with Gasteiger partial charge in [-0.15, -0.1) is 5.10 Å². The van der Waals surface area contributed by atoms with Crippen molar-refractivity contribution in [1.29, 1.82) is 0 Å². The Morgan fingerprint density at radius 3 is 1.59 bits per heavy atom. The topological polar surface area (TPSA) is 43.6 Å². The number of benzene rings is 5. The van der Waals surface area contributed by atoms with E-state index >= 15 is 0 Å². The molecular formula is C33H24Br2N4. The highest BCUT2D eigenvalue weighted by Crippen LogP contribution is 2.44. The minimum atomic E-state index is -0.815. The number of hydrogen-bond donors (Lipinski definition) is 0. The van der Waals surface area contributed by atoms with Crippen molar-refractivity contribution in [3.8, 4) is 22.5 Å². The van der Waals surface area contributed by atoms with E-state index in [1.165, 1.54) is 5.56 Å². The van der Waals surface area contributed by atoms with E-state index in [0.29, 0.717) is 5.82 Å². The first-order chi connectivity index (χ1) is 19.2. The van der Waals surface area contributed by atoms with Gasteiger partial charge in [0.1, 0.15) is 5.54 Å². The Balaban J connectivity index is 1.69. The molecule has 5 aromatic carbocycles. The van der Waals surface area contributed by atoms with Crippen molar-refractivity contribution in [3.05, 3.63) is 160 Å². The van der Waals surface area contributed by atoms with Gasteiger partial charge >= 0.3 is 0 Å². The van der Waals surface area contributed by atoms with Gasteiger partial charge in [-0.1, -0.05) is 149 Å². The largest absolute Gasteiger partial charge is 0.205 e. The van der Waals surface area contributed by atoms with Crippen molar-refractivity contribution in [3.63, 3.8) is 0 Å². The average Bonchev–Trinajstić information content (AvgIpc) is 3.49. The number of halogens is 2. The molecule has 0 saturated carbocycles. The van der Waals surface area contributed by atoms with Crippen LogP contribution >= 0.6 is 31.9 Å². The summed E-state index contributed by atoms with van der Waals surface area (Å²) in [4.78, 5) is 0. The van der Waals surface area contributed by atoms with E-state index in [-0.39, 0.29) is 0 Å². The van der Waals surface area contributed by atoms with Gasteiger partial charge < -0.3 is 0 Å². The summed E-state index contributed by atoms with van der Waals surface area (Å²) in [6, 6.07) is 46.0. The number of alkyl halides is 1. The Hall–Kier alpha value is -3.87. The second-order valence-electron chi connectivity index (χ2n) is 9.18. The van der Waals surface area contributed by atoms with Gasteiger partial charge in [0.15, 0.2) is 5.82 Å². The lowest BCUT2D eigenvalue weighted by atomic mass is 9.77. The first kappa shape index (κ1) is 25.4. The predicted octanol–water partition coefficient (Wildman–Crippen LogP) is 8.50. The predicted molar refractivity (Wildman–Crippen MR) is 164 cm³/mol. The van der Waals surface area contributed by atoms with E-state index in [9.17, 15) is 0 Å². The fourth-order valence-corrected chi connectivity index (χ4v) is 6.75. The molecule has 6 rings (SSSR count). The molecule has 0 spiro atoms. The van der Waals surface area contributed by atoms with Gasteiger partial charge in [-0.3, -0.25) is 0 Å². The molecule has 190 valence electrons. The lowest BCUT2D eigenvalue weighted by Gasteiger charge is -2.36. The number of nitrogens with zero attached hydrogens (tertiary/aromatic N) is 4. The summed E-state index contributed by atoms with van der Waals surface area (Å²) in [6.45, 7) is 0. The molecule has 0 aliphatic heterocycles. The molecular weight excluding hydrogens is 612 g/mol. The monoisotopic (exact) mass is 634 g/mol. The average molecular weight is 636 g/mol. The number of tetrazole rings is 1. The van der Waals surface area contributed by atoms with Crippen molar-refractivity contribution < 1.29 is 0 Å². The van der Waals surface area contributed by atoms with Crippen LogP contribution in [0.15, 0.2) is 138 Å². The van der Waals surface area contributed by atoms with Crippen molar-refractivity contribution in [2.24, 2.45) is 0 Å². The van der Waals surface area contributed by atoms with E-state index in [2.05, 4.69) is 151 Å². The second-order valence-corrected chi connectivity index (χ2v) is 10.5. The van der Waals surface area contributed by atoms with Gasteiger partial charge in [0.25, 0.3) is 0 Å². The summed E-state index contributed by atoms with van der Waals surface area (Å²) >= 11 is 7.48. The summed E-state index contributed by atoms with van der Waals surface area (Å²) in [5.41, 5.74) is 6.64. The summed E-state index contributed by atoms with van der Waals surface area (Å²) in [5, 5.41) is 14.4. The highest BCUT2D eigenvalue weighted by molar-refractivity contribution is 9.11. The molecule has 1 aromatic heterocycles. The van der Waals surface area contributed by atoms with Crippen LogP contribution in [-0.4, -0.2) is 20.2 Å². The highest BCUT2D eigenvalue weighted by atomic mass is 79.9. The van der Waals surface area contributed by atoms with Crippen molar-refractivity contribution in [2.45, 2.75) is 10.9 Å². The van der Waals surface area contributed by atoms with Crippen LogP contribution < -0.4 is 0 Å². The fourth-order valence-electron chi connectivity index (χ4n) is 5.29. The maximum Gasteiger partial charge on any atom is 0.184 e. The molecule has 4 nitrogen and oxygen atoms in total. The van der Waals surface area contributed by atoms with Gasteiger partial charge in [-0.05, 0) is 59.7 Å². The van der Waals surface area contributed by atoms with Gasteiger partial charge in [-0.2, -0.15) is 0 Å². The van der Waals surface area contributed by atoms with E-state index in [0.717, 1.165) is 43.2 Å². The van der Waals surface area contributed by atoms with Crippen LogP contribution in [0.5, 0.6) is 0 Å². The fraction of sp³-hybridized carbons (Fsp3) is 0.0606. The molecule has 6 aromatic rings. The maximum atomic E-state index is 4.72. The van der Waals surface area contributed by atoms with Crippen LogP contribution in [0, 0.1) is 0 Å². The quantitative estimate of drug-likeness (QED) is 0.130. The van der Waals surface area contributed by atoms with Crippen LogP contribution in [-0.2, 0) is 10.9 Å². The molecule has 0 amide bonds. The Bertz CT molecular complexity index is 1600. The standard InChI is InChI=1S/C33H24Br2N4/c34-23-24-13-12-22-29(31(24)35)28-20-10-11-21-30(28)32-36-37-38-39(32)33(25-14-4-1-5-15-25,26-16-6-2-7-17-26)27-18-8-3-9-19-27/h1-22H,23H2. The van der Waals surface area contributed by atoms with Gasteiger partial charge in [0, 0.05) is 15.4 Å². The van der Waals surface area contributed by atoms with Crippen LogP contribution in [0.25, 0.3) is 22.5 Å². The van der Waals surface area contributed by atoms with Gasteiger partial charge in [-0.25, -0.2) is 4.68 Å². The SMILES string of the molecule is BrCc1cccc(-c2ccccc2-c2nnnn2C(c2ccccc2)(c2ccccc2)c2ccccc2)c1Br. The third-order valence-corrected chi connectivity index (χ3v) is 8.58. The van der Waals surface area contributed by atoms with Gasteiger partial charge in [0.05, 0.1) is 0 Å². The molecule has 39 heavy (non-hydrogen) atoms. The molecule has 0 saturated heterocycles. The zero-order chi connectivity index (χ0) is 26.7. The van der Waals surface area contributed by atoms with Crippen molar-refractivity contribution in [1.82, 2.24) is 20.2 Å². The maximum absolute atomic E-state index is 4.72. The lowest BCUT2D eigenvalue weighted by Crippen LogP contribution is -2.39.